The first-order chi connectivity index (χ1) is 27.1. The summed E-state index contributed by atoms with van der Waals surface area (Å²) >= 11 is 0. The third kappa shape index (κ3) is 7.03. The van der Waals surface area contributed by atoms with Gasteiger partial charge in [0.1, 0.15) is 12.1 Å². The number of likely N-dealkylation sites (tertiary alicyclic amines) is 2. The normalized spacial score (nSPS) is 24.8. The van der Waals surface area contributed by atoms with Gasteiger partial charge in [0.15, 0.2) is 0 Å². The van der Waals surface area contributed by atoms with Crippen molar-refractivity contribution in [2.75, 3.05) is 27.3 Å². The van der Waals surface area contributed by atoms with E-state index < -0.39 is 24.3 Å². The van der Waals surface area contributed by atoms with Crippen molar-refractivity contribution in [3.63, 3.8) is 0 Å². The molecular weight excluding hydrogens is 709 g/mol. The molecule has 7 aliphatic rings. The number of ether oxygens (including phenoxy) is 2. The van der Waals surface area contributed by atoms with E-state index in [2.05, 4.69) is 51.8 Å². The molecule has 2 saturated heterocycles. The van der Waals surface area contributed by atoms with Crippen LogP contribution in [0, 0.1) is 0 Å². The second-order valence-electron chi connectivity index (χ2n) is 16.1. The van der Waals surface area contributed by atoms with E-state index >= 15 is 0 Å². The summed E-state index contributed by atoms with van der Waals surface area (Å²) in [7, 11) is 2.59. The van der Waals surface area contributed by atoms with Crippen LogP contribution in [0.25, 0.3) is 22.3 Å². The number of nitrogens with zero attached hydrogens (tertiary/aromatic N) is 4. The van der Waals surface area contributed by atoms with Crippen molar-refractivity contribution in [2.24, 2.45) is 9.98 Å². The Morgan fingerprint density at radius 1 is 0.625 bits per heavy atom. The lowest BCUT2D eigenvalue weighted by Gasteiger charge is -2.41. The van der Waals surface area contributed by atoms with Gasteiger partial charge in [-0.2, -0.15) is 0 Å². The van der Waals surface area contributed by atoms with Gasteiger partial charge >= 0.3 is 12.2 Å². The highest BCUT2D eigenvalue weighted by Gasteiger charge is 2.40. The lowest BCUT2D eigenvalue weighted by molar-refractivity contribution is -0.133. The van der Waals surface area contributed by atoms with Crippen LogP contribution in [0.15, 0.2) is 58.8 Å². The number of benzene rings is 2. The third-order valence-electron chi connectivity index (χ3n) is 12.9. The minimum absolute atomic E-state index is 0.0710. The summed E-state index contributed by atoms with van der Waals surface area (Å²) in [5.74, 6) is 0.844. The number of fused-ring (bicyclic) bond motifs is 2. The summed E-state index contributed by atoms with van der Waals surface area (Å²) in [4.78, 5) is 63.6. The average molecular weight is 761 g/mol. The van der Waals surface area contributed by atoms with Crippen molar-refractivity contribution in [3.8, 4) is 11.1 Å². The van der Waals surface area contributed by atoms with Gasteiger partial charge in [-0.1, -0.05) is 36.4 Å². The Labute approximate surface area is 328 Å². The Kier molecular flexibility index (Phi) is 10.6. The number of nitrogens with one attached hydrogen (secondary N) is 2. The SMILES string of the molecule is COC(=O)N[C@@H](C)C(=O)N1CCCC1C1=NC=C(c2ccc(-c3ccc(C4=CN=C(C5CCCN5C(=O)[C@@H](C)NC(=O)OC)C4)cc3)c3c2C2CCC3CC2)C1. The van der Waals surface area contributed by atoms with Crippen molar-refractivity contribution >= 4 is 46.6 Å². The molecule has 4 heterocycles. The lowest BCUT2D eigenvalue weighted by Crippen LogP contribution is -2.50. The zero-order valence-corrected chi connectivity index (χ0v) is 32.8. The Bertz CT molecular complexity index is 2040. The van der Waals surface area contributed by atoms with Crippen LogP contribution in [0.3, 0.4) is 0 Å². The first kappa shape index (κ1) is 37.7. The van der Waals surface area contributed by atoms with Crippen molar-refractivity contribution in [3.05, 3.63) is 71.1 Å². The minimum Gasteiger partial charge on any atom is -0.453 e. The van der Waals surface area contributed by atoms with Crippen LogP contribution in [0.4, 0.5) is 9.59 Å². The average Bonchev–Trinajstić information content (AvgIpc) is 4.07. The maximum absolute atomic E-state index is 13.4. The monoisotopic (exact) mass is 760 g/mol. The molecule has 9 rings (SSSR count). The number of rotatable bonds is 9. The number of carbonyl (C=O) groups excluding carboxylic acids is 4. The standard InChI is InChI=1S/C44H52N6O6/c1-25(47-43(53)55-3)41(51)49-19-5-7-37(49)35-21-31(23-45-35)27-9-11-28(12-10-27)33-17-18-34(40-30-15-13-29(14-16-30)39(33)40)32-22-36(46-24-32)38-8-6-20-50(38)42(52)26(2)48-44(54)56-4/h9-12,17-18,23-26,29-30,37-38H,5-8,13-16,19-22H2,1-4H3,(H,47,53)(H,48,54)/t25-,26+,29?,30?,37?,38?/m1/s1. The fourth-order valence-electron chi connectivity index (χ4n) is 10.1. The zero-order chi connectivity index (χ0) is 39.1. The maximum atomic E-state index is 13.4. The highest BCUT2D eigenvalue weighted by atomic mass is 16.5. The second-order valence-corrected chi connectivity index (χ2v) is 16.1. The number of aliphatic imine (C=N–C) groups is 2. The van der Waals surface area contributed by atoms with Gasteiger partial charge < -0.3 is 29.9 Å². The van der Waals surface area contributed by atoms with Crippen LogP contribution in [-0.2, 0) is 19.1 Å². The van der Waals surface area contributed by atoms with Crippen molar-refractivity contribution in [1.29, 1.82) is 0 Å². The van der Waals surface area contributed by atoms with Crippen LogP contribution in [0.5, 0.6) is 0 Å². The van der Waals surface area contributed by atoms with Gasteiger partial charge in [0.25, 0.3) is 0 Å². The van der Waals surface area contributed by atoms with E-state index in [0.717, 1.165) is 54.7 Å². The summed E-state index contributed by atoms with van der Waals surface area (Å²) in [6.07, 6.45) is 12.6. The van der Waals surface area contributed by atoms with E-state index in [1.54, 1.807) is 13.8 Å². The predicted molar refractivity (Wildman–Crippen MR) is 215 cm³/mol. The zero-order valence-electron chi connectivity index (χ0n) is 32.8. The highest BCUT2D eigenvalue weighted by molar-refractivity contribution is 6.05. The number of carbonyl (C=O) groups is 4. The van der Waals surface area contributed by atoms with E-state index in [4.69, 9.17) is 14.7 Å². The first-order valence-electron chi connectivity index (χ1n) is 20.2. The Morgan fingerprint density at radius 3 is 1.59 bits per heavy atom. The summed E-state index contributed by atoms with van der Waals surface area (Å²) in [5.41, 5.74) is 12.4. The summed E-state index contributed by atoms with van der Waals surface area (Å²) in [6.45, 7) is 4.69. The Morgan fingerprint density at radius 2 is 1.07 bits per heavy atom. The molecule has 2 aromatic rings. The number of methoxy groups -OCH3 is 2. The maximum Gasteiger partial charge on any atom is 0.407 e. The molecule has 1 saturated carbocycles. The summed E-state index contributed by atoms with van der Waals surface area (Å²) in [6, 6.07) is 12.0. The predicted octanol–water partition coefficient (Wildman–Crippen LogP) is 6.95. The smallest absolute Gasteiger partial charge is 0.407 e. The molecule has 4 amide bonds. The molecule has 2 aromatic carbocycles. The molecule has 4 atom stereocenters. The Hall–Kier alpha value is -5.26. The van der Waals surface area contributed by atoms with Gasteiger partial charge in [-0.15, -0.1) is 0 Å². The van der Waals surface area contributed by atoms with E-state index in [0.29, 0.717) is 31.3 Å². The second kappa shape index (κ2) is 15.7. The lowest BCUT2D eigenvalue weighted by atomic mass is 9.63. The third-order valence-corrected chi connectivity index (χ3v) is 12.9. The summed E-state index contributed by atoms with van der Waals surface area (Å²) < 4.78 is 9.41. The topological polar surface area (TPSA) is 142 Å². The molecule has 0 spiro atoms. The van der Waals surface area contributed by atoms with E-state index in [1.807, 2.05) is 22.2 Å². The molecular formula is C44H52N6O6. The van der Waals surface area contributed by atoms with E-state index in [9.17, 15) is 19.2 Å². The number of alkyl carbamates (subject to hydrolysis) is 2. The number of allylic oxidation sites excluding steroid dienone is 2. The molecule has 2 unspecified atom stereocenters. The van der Waals surface area contributed by atoms with Crippen LogP contribution >= 0.6 is 0 Å². The van der Waals surface area contributed by atoms with Crippen molar-refractivity contribution < 1.29 is 28.7 Å². The van der Waals surface area contributed by atoms with Crippen LogP contribution in [0.1, 0.15) is 112 Å². The minimum atomic E-state index is -0.672. The molecule has 12 nitrogen and oxygen atoms in total. The molecule has 3 aliphatic carbocycles. The number of amides is 4. The van der Waals surface area contributed by atoms with Gasteiger partial charge in [0.2, 0.25) is 11.8 Å². The van der Waals surface area contributed by atoms with E-state index in [-0.39, 0.29) is 23.9 Å². The fraction of sp³-hybridized carbons (Fsp3) is 0.500. The molecule has 294 valence electrons. The Balaban J connectivity index is 0.965. The molecule has 2 N–H and O–H groups in total. The van der Waals surface area contributed by atoms with Crippen molar-refractivity contribution in [2.45, 2.75) is 114 Å². The quantitative estimate of drug-likeness (QED) is 0.284. The molecule has 2 bridgehead atoms. The number of hydrogen-bond acceptors (Lipinski definition) is 8. The van der Waals surface area contributed by atoms with Crippen LogP contribution < -0.4 is 10.6 Å². The van der Waals surface area contributed by atoms with Crippen LogP contribution in [0.2, 0.25) is 0 Å². The molecule has 56 heavy (non-hydrogen) atoms. The highest BCUT2D eigenvalue weighted by Crippen LogP contribution is 2.55. The van der Waals surface area contributed by atoms with Gasteiger partial charge in [0.05, 0.1) is 26.3 Å². The van der Waals surface area contributed by atoms with Crippen LogP contribution in [-0.4, -0.2) is 96.7 Å². The molecule has 12 heteroatoms. The summed E-state index contributed by atoms with van der Waals surface area (Å²) in [5, 5.41) is 5.23. The van der Waals surface area contributed by atoms with E-state index in [1.165, 1.54) is 73.3 Å². The molecule has 0 radical (unpaired) electrons. The first-order valence-corrected chi connectivity index (χ1v) is 20.2. The number of hydrogen-bond donors (Lipinski definition) is 2. The van der Waals surface area contributed by atoms with Crippen molar-refractivity contribution in [1.82, 2.24) is 20.4 Å². The molecule has 3 fully saturated rings. The molecule has 0 aromatic heterocycles. The van der Waals surface area contributed by atoms with Gasteiger partial charge in [-0.3, -0.25) is 19.6 Å². The molecule has 4 aliphatic heterocycles. The van der Waals surface area contributed by atoms with Gasteiger partial charge in [0, 0.05) is 49.8 Å². The fourth-order valence-corrected chi connectivity index (χ4v) is 10.1. The van der Waals surface area contributed by atoms with Gasteiger partial charge in [-0.25, -0.2) is 9.59 Å². The largest absolute Gasteiger partial charge is 0.453 e. The van der Waals surface area contributed by atoms with Gasteiger partial charge in [-0.05, 0) is 122 Å².